The number of nitrogens with zero attached hydrogens (tertiary/aromatic N) is 4. The molecule has 2 aromatic rings. The number of hydrogen-bond donors (Lipinski definition) is 0. The molecule has 2 heterocycles. The number of carbonyl (C=O) groups excluding carboxylic acids is 1. The van der Waals surface area contributed by atoms with Gasteiger partial charge in [-0.15, -0.1) is 16.4 Å². The first kappa shape index (κ1) is 13.7. The Kier molecular flexibility index (Phi) is 4.06. The molecule has 1 fully saturated rings. The molecule has 19 heavy (non-hydrogen) atoms. The van der Waals surface area contributed by atoms with Crippen LogP contribution in [0.4, 0.5) is 0 Å². The van der Waals surface area contributed by atoms with E-state index in [1.807, 2.05) is 10.7 Å². The maximum absolute atomic E-state index is 12.1. The van der Waals surface area contributed by atoms with Gasteiger partial charge in [-0.05, 0) is 61.2 Å². The molecule has 1 saturated carbocycles. The Morgan fingerprint density at radius 2 is 2.32 bits per heavy atom. The highest BCUT2D eigenvalue weighted by atomic mass is 79.9. The third-order valence-corrected chi connectivity index (χ3v) is 5.92. The van der Waals surface area contributed by atoms with E-state index < -0.39 is 0 Å². The first-order valence-corrected chi connectivity index (χ1v) is 8.92. The van der Waals surface area contributed by atoms with Crippen molar-refractivity contribution in [3.63, 3.8) is 0 Å². The van der Waals surface area contributed by atoms with E-state index in [2.05, 4.69) is 47.4 Å². The molecule has 1 aliphatic rings. The SMILES string of the molecule is O=C(CSc1nnnn1C1CC1)c1cc(Br)sc1Br. The summed E-state index contributed by atoms with van der Waals surface area (Å²) in [4.78, 5) is 12.1. The zero-order valence-corrected chi connectivity index (χ0v) is 14.4. The Balaban J connectivity index is 1.67. The normalized spacial score (nSPS) is 14.8. The molecule has 5 nitrogen and oxygen atoms in total. The van der Waals surface area contributed by atoms with Crippen LogP contribution in [0.3, 0.4) is 0 Å². The minimum Gasteiger partial charge on any atom is -0.293 e. The molecule has 100 valence electrons. The minimum atomic E-state index is 0.0733. The molecule has 1 aliphatic carbocycles. The number of carbonyl (C=O) groups is 1. The molecule has 9 heteroatoms. The highest BCUT2D eigenvalue weighted by molar-refractivity contribution is 9.12. The molecule has 0 atom stereocenters. The van der Waals surface area contributed by atoms with E-state index in [-0.39, 0.29) is 5.78 Å². The predicted molar refractivity (Wildman–Crippen MR) is 80.9 cm³/mol. The van der Waals surface area contributed by atoms with E-state index in [9.17, 15) is 4.79 Å². The van der Waals surface area contributed by atoms with Crippen LogP contribution >= 0.6 is 55.0 Å². The van der Waals surface area contributed by atoms with Crippen LogP contribution < -0.4 is 0 Å². The van der Waals surface area contributed by atoms with Gasteiger partial charge in [-0.1, -0.05) is 11.8 Å². The number of rotatable bonds is 5. The average Bonchev–Trinajstić information content (AvgIpc) is 3.01. The average molecular weight is 424 g/mol. The van der Waals surface area contributed by atoms with Gasteiger partial charge in [0.1, 0.15) is 0 Å². The lowest BCUT2D eigenvalue weighted by molar-refractivity contribution is 0.102. The van der Waals surface area contributed by atoms with E-state index in [4.69, 9.17) is 0 Å². The summed E-state index contributed by atoms with van der Waals surface area (Å²) in [5, 5.41) is 12.3. The van der Waals surface area contributed by atoms with Gasteiger partial charge in [0.15, 0.2) is 5.78 Å². The minimum absolute atomic E-state index is 0.0733. The van der Waals surface area contributed by atoms with Crippen LogP contribution in [-0.4, -0.2) is 31.7 Å². The van der Waals surface area contributed by atoms with E-state index in [0.29, 0.717) is 17.4 Å². The van der Waals surface area contributed by atoms with Gasteiger partial charge in [-0.3, -0.25) is 4.79 Å². The van der Waals surface area contributed by atoms with Gasteiger partial charge in [0.2, 0.25) is 5.16 Å². The maximum Gasteiger partial charge on any atom is 0.210 e. The first-order chi connectivity index (χ1) is 9.15. The molecule has 0 N–H and O–H groups in total. The zero-order valence-electron chi connectivity index (χ0n) is 9.55. The number of halogens is 2. The summed E-state index contributed by atoms with van der Waals surface area (Å²) in [6, 6.07) is 2.26. The lowest BCUT2D eigenvalue weighted by atomic mass is 10.2. The molecular weight excluding hydrogens is 416 g/mol. The quantitative estimate of drug-likeness (QED) is 0.543. The fourth-order valence-corrected chi connectivity index (χ4v) is 5.25. The van der Waals surface area contributed by atoms with Crippen molar-refractivity contribution in [1.82, 2.24) is 20.2 Å². The van der Waals surface area contributed by atoms with Crippen molar-refractivity contribution >= 4 is 60.7 Å². The Labute approximate surface area is 134 Å². The lowest BCUT2D eigenvalue weighted by Crippen LogP contribution is -2.04. The van der Waals surface area contributed by atoms with Crippen molar-refractivity contribution in [3.8, 4) is 0 Å². The molecule has 0 bridgehead atoms. The monoisotopic (exact) mass is 422 g/mol. The van der Waals surface area contributed by atoms with Crippen LogP contribution in [0.15, 0.2) is 18.8 Å². The Bertz CT molecular complexity index is 623. The summed E-state index contributed by atoms with van der Waals surface area (Å²) in [7, 11) is 0. The smallest absolute Gasteiger partial charge is 0.210 e. The number of tetrazole rings is 1. The standard InChI is InChI=1S/C10H8Br2N4OS2/c11-8-3-6(9(12)19-8)7(17)4-18-10-13-14-15-16(10)5-1-2-5/h3,5H,1-2,4H2. The number of ketones is 1. The first-order valence-electron chi connectivity index (χ1n) is 5.54. The molecule has 0 spiro atoms. The van der Waals surface area contributed by atoms with Crippen molar-refractivity contribution < 1.29 is 4.79 Å². The van der Waals surface area contributed by atoms with Crippen molar-refractivity contribution in [2.24, 2.45) is 0 Å². The van der Waals surface area contributed by atoms with E-state index in [1.54, 1.807) is 0 Å². The second-order valence-corrected chi connectivity index (χ2v) is 8.78. The number of thiophene rings is 1. The van der Waals surface area contributed by atoms with Gasteiger partial charge < -0.3 is 0 Å². The van der Waals surface area contributed by atoms with Crippen LogP contribution in [0.5, 0.6) is 0 Å². The summed E-state index contributed by atoms with van der Waals surface area (Å²) in [5.74, 6) is 0.415. The molecule has 3 rings (SSSR count). The number of Topliss-reactive ketones (excluding diaryl/α,β-unsaturated/α-hetero) is 1. The molecule has 0 aliphatic heterocycles. The highest BCUT2D eigenvalue weighted by Crippen LogP contribution is 2.37. The van der Waals surface area contributed by atoms with E-state index >= 15 is 0 Å². The lowest BCUT2D eigenvalue weighted by Gasteiger charge is -2.01. The number of aromatic nitrogens is 4. The summed E-state index contributed by atoms with van der Waals surface area (Å²) in [6.45, 7) is 0. The second-order valence-electron chi connectivity index (χ2n) is 4.09. The van der Waals surface area contributed by atoms with Gasteiger partial charge in [0.25, 0.3) is 0 Å². The molecule has 0 radical (unpaired) electrons. The Morgan fingerprint density at radius 3 is 2.95 bits per heavy atom. The van der Waals surface area contributed by atoms with Gasteiger partial charge in [-0.25, -0.2) is 4.68 Å². The van der Waals surface area contributed by atoms with Crippen molar-refractivity contribution in [3.05, 3.63) is 19.2 Å². The van der Waals surface area contributed by atoms with Gasteiger partial charge in [0, 0.05) is 5.56 Å². The van der Waals surface area contributed by atoms with Gasteiger partial charge in [0.05, 0.1) is 19.4 Å². The molecule has 0 amide bonds. The predicted octanol–water partition coefficient (Wildman–Crippen LogP) is 3.57. The second kappa shape index (κ2) is 5.63. The maximum atomic E-state index is 12.1. The van der Waals surface area contributed by atoms with Crippen LogP contribution in [0, 0.1) is 0 Å². The van der Waals surface area contributed by atoms with Gasteiger partial charge >= 0.3 is 0 Å². The third-order valence-electron chi connectivity index (χ3n) is 2.64. The highest BCUT2D eigenvalue weighted by Gasteiger charge is 2.28. The van der Waals surface area contributed by atoms with Gasteiger partial charge in [-0.2, -0.15) is 0 Å². The van der Waals surface area contributed by atoms with Crippen LogP contribution in [-0.2, 0) is 0 Å². The molecule has 0 unspecified atom stereocenters. The summed E-state index contributed by atoms with van der Waals surface area (Å²) >= 11 is 9.66. The zero-order chi connectivity index (χ0) is 13.4. The topological polar surface area (TPSA) is 60.7 Å². The fraction of sp³-hybridized carbons (Fsp3) is 0.400. The van der Waals surface area contributed by atoms with Crippen molar-refractivity contribution in [2.45, 2.75) is 24.0 Å². The summed E-state index contributed by atoms with van der Waals surface area (Å²) in [6.07, 6.45) is 2.24. The molecule has 2 aromatic heterocycles. The van der Waals surface area contributed by atoms with Crippen LogP contribution in [0.2, 0.25) is 0 Å². The van der Waals surface area contributed by atoms with Crippen molar-refractivity contribution in [2.75, 3.05) is 5.75 Å². The van der Waals surface area contributed by atoms with Crippen LogP contribution in [0.25, 0.3) is 0 Å². The number of thioether (sulfide) groups is 1. The summed E-state index contributed by atoms with van der Waals surface area (Å²) in [5.41, 5.74) is 0.704. The van der Waals surface area contributed by atoms with E-state index in [0.717, 1.165) is 25.6 Å². The molecule has 0 aromatic carbocycles. The summed E-state index contributed by atoms with van der Waals surface area (Å²) < 4.78 is 3.61. The Hall–Kier alpha value is -0.250. The third kappa shape index (κ3) is 3.09. The fourth-order valence-electron chi connectivity index (χ4n) is 1.57. The molecular formula is C10H8Br2N4OS2. The van der Waals surface area contributed by atoms with Crippen molar-refractivity contribution in [1.29, 1.82) is 0 Å². The largest absolute Gasteiger partial charge is 0.293 e. The van der Waals surface area contributed by atoms with E-state index in [1.165, 1.54) is 23.1 Å². The molecule has 0 saturated heterocycles. The Morgan fingerprint density at radius 1 is 1.53 bits per heavy atom. The van der Waals surface area contributed by atoms with Crippen LogP contribution in [0.1, 0.15) is 29.2 Å². The number of hydrogen-bond acceptors (Lipinski definition) is 6.